The van der Waals surface area contributed by atoms with E-state index in [1.54, 1.807) is 24.3 Å². The summed E-state index contributed by atoms with van der Waals surface area (Å²) in [5, 5.41) is 15.5. The van der Waals surface area contributed by atoms with Gasteiger partial charge in [-0.2, -0.15) is 8.42 Å². The average molecular weight is 246 g/mol. The maximum atomic E-state index is 10.8. The lowest BCUT2D eigenvalue weighted by atomic mass is 9.99. The monoisotopic (exact) mass is 246 g/mol. The van der Waals surface area contributed by atoms with Crippen molar-refractivity contribution in [2.75, 3.05) is 0 Å². The summed E-state index contributed by atoms with van der Waals surface area (Å²) in [6.45, 7) is 3.15. The lowest BCUT2D eigenvalue weighted by molar-refractivity contribution is -0.107. The summed E-state index contributed by atoms with van der Waals surface area (Å²) in [6.07, 6.45) is 0. The summed E-state index contributed by atoms with van der Waals surface area (Å²) in [5.74, 6) is -1.15. The van der Waals surface area contributed by atoms with E-state index in [0.29, 0.717) is 5.56 Å². The Labute approximate surface area is 94.1 Å². The van der Waals surface area contributed by atoms with Crippen LogP contribution >= 0.6 is 0 Å². The van der Waals surface area contributed by atoms with E-state index in [-0.39, 0.29) is 0 Å². The fourth-order valence-corrected chi connectivity index (χ4v) is 1.88. The Balaban J connectivity index is 3.12. The Morgan fingerprint density at radius 1 is 1.19 bits per heavy atom. The number of aliphatic hydroxyl groups is 2. The number of rotatable bonds is 3. The lowest BCUT2D eigenvalue weighted by Gasteiger charge is -2.25. The zero-order valence-corrected chi connectivity index (χ0v) is 9.77. The van der Waals surface area contributed by atoms with E-state index in [0.717, 1.165) is 5.56 Å². The molecule has 0 heterocycles. The van der Waals surface area contributed by atoms with Gasteiger partial charge in [0.05, 0.1) is 5.92 Å². The maximum absolute atomic E-state index is 10.8. The molecule has 1 rings (SSSR count). The Morgan fingerprint density at radius 3 is 2.00 bits per heavy atom. The van der Waals surface area contributed by atoms with Crippen molar-refractivity contribution in [2.45, 2.75) is 24.9 Å². The zero-order valence-electron chi connectivity index (χ0n) is 8.95. The van der Waals surface area contributed by atoms with E-state index in [2.05, 4.69) is 0 Å². The second-order valence-corrected chi connectivity index (χ2v) is 5.32. The fourth-order valence-electron chi connectivity index (χ4n) is 1.30. The molecule has 1 aromatic carbocycles. The van der Waals surface area contributed by atoms with Gasteiger partial charge in [0.1, 0.15) is 0 Å². The number of benzene rings is 1. The van der Waals surface area contributed by atoms with Crippen LogP contribution in [0.4, 0.5) is 0 Å². The standard InChI is InChI=1S/C10H14O5S/c1-7-3-5-9(6-4-7)8(2)10(11,12)16(13,14)15/h3-6,8,11-12H,1-2H3,(H,13,14,15). The predicted octanol–water partition coefficient (Wildman–Crippen LogP) is 0.625. The highest BCUT2D eigenvalue weighted by Gasteiger charge is 2.45. The van der Waals surface area contributed by atoms with Crippen LogP contribution in [0.5, 0.6) is 0 Å². The van der Waals surface area contributed by atoms with Gasteiger partial charge in [-0.05, 0) is 12.5 Å². The Bertz CT molecular complexity index is 460. The fraction of sp³-hybridized carbons (Fsp3) is 0.400. The third kappa shape index (κ3) is 2.41. The highest BCUT2D eigenvalue weighted by molar-refractivity contribution is 7.86. The molecule has 0 spiro atoms. The minimum Gasteiger partial charge on any atom is -0.351 e. The van der Waals surface area contributed by atoms with E-state index in [1.807, 2.05) is 6.92 Å². The highest BCUT2D eigenvalue weighted by Crippen LogP contribution is 2.29. The van der Waals surface area contributed by atoms with Crippen molar-refractivity contribution in [2.24, 2.45) is 0 Å². The van der Waals surface area contributed by atoms with Crippen LogP contribution in [0.3, 0.4) is 0 Å². The highest BCUT2D eigenvalue weighted by atomic mass is 32.2. The summed E-state index contributed by atoms with van der Waals surface area (Å²) in [5.41, 5.74) is 1.37. The van der Waals surface area contributed by atoms with Crippen LogP contribution < -0.4 is 0 Å². The molecule has 0 aliphatic carbocycles. The van der Waals surface area contributed by atoms with Crippen molar-refractivity contribution < 1.29 is 23.2 Å². The quantitative estimate of drug-likeness (QED) is 0.537. The molecule has 0 saturated carbocycles. The molecular formula is C10H14O5S. The van der Waals surface area contributed by atoms with Crippen molar-refractivity contribution in [3.05, 3.63) is 35.4 Å². The lowest BCUT2D eigenvalue weighted by Crippen LogP contribution is -2.42. The van der Waals surface area contributed by atoms with Crippen LogP contribution in [-0.4, -0.2) is 28.3 Å². The molecule has 6 heteroatoms. The molecule has 16 heavy (non-hydrogen) atoms. The van der Waals surface area contributed by atoms with Crippen LogP contribution in [0, 0.1) is 6.92 Å². The second kappa shape index (κ2) is 4.14. The molecular weight excluding hydrogens is 232 g/mol. The molecule has 90 valence electrons. The summed E-state index contributed by atoms with van der Waals surface area (Å²) in [4.78, 5) is 0. The molecule has 1 aromatic rings. The van der Waals surface area contributed by atoms with E-state index < -0.39 is 21.2 Å². The van der Waals surface area contributed by atoms with Crippen molar-refractivity contribution in [1.29, 1.82) is 0 Å². The topological polar surface area (TPSA) is 94.8 Å². The minimum atomic E-state index is -4.95. The molecule has 0 saturated heterocycles. The van der Waals surface area contributed by atoms with Crippen molar-refractivity contribution in [3.63, 3.8) is 0 Å². The first kappa shape index (κ1) is 13.1. The zero-order chi connectivity index (χ0) is 12.6. The molecule has 0 amide bonds. The normalized spacial score (nSPS) is 14.8. The third-order valence-electron chi connectivity index (χ3n) is 2.52. The van der Waals surface area contributed by atoms with Gasteiger partial charge >= 0.3 is 15.2 Å². The smallest absolute Gasteiger partial charge is 0.322 e. The van der Waals surface area contributed by atoms with Crippen molar-refractivity contribution in [3.8, 4) is 0 Å². The first-order chi connectivity index (χ1) is 7.16. The van der Waals surface area contributed by atoms with Crippen LogP contribution in [-0.2, 0) is 10.1 Å². The first-order valence-corrected chi connectivity index (χ1v) is 6.08. The Morgan fingerprint density at radius 2 is 1.62 bits per heavy atom. The summed E-state index contributed by atoms with van der Waals surface area (Å²) < 4.78 is 30.3. The molecule has 0 radical (unpaired) electrons. The van der Waals surface area contributed by atoms with Gasteiger partial charge in [0.15, 0.2) is 0 Å². The van der Waals surface area contributed by atoms with E-state index in [9.17, 15) is 18.6 Å². The Kier molecular flexibility index (Phi) is 3.39. The van der Waals surface area contributed by atoms with Gasteiger partial charge in [0, 0.05) is 0 Å². The first-order valence-electron chi connectivity index (χ1n) is 4.64. The van der Waals surface area contributed by atoms with Gasteiger partial charge in [-0.1, -0.05) is 36.8 Å². The Hall–Kier alpha value is -0.950. The summed E-state index contributed by atoms with van der Waals surface area (Å²) in [6, 6.07) is 6.58. The maximum Gasteiger partial charge on any atom is 0.322 e. The molecule has 5 nitrogen and oxygen atoms in total. The number of aryl methyl sites for hydroxylation is 1. The molecule has 3 N–H and O–H groups in total. The van der Waals surface area contributed by atoms with E-state index >= 15 is 0 Å². The molecule has 0 aromatic heterocycles. The van der Waals surface area contributed by atoms with Gasteiger partial charge in [-0.25, -0.2) is 0 Å². The van der Waals surface area contributed by atoms with E-state index in [1.165, 1.54) is 6.92 Å². The van der Waals surface area contributed by atoms with Crippen LogP contribution in [0.25, 0.3) is 0 Å². The minimum absolute atomic E-state index is 0.410. The molecule has 0 fully saturated rings. The van der Waals surface area contributed by atoms with Crippen LogP contribution in [0.2, 0.25) is 0 Å². The molecule has 0 aliphatic rings. The van der Waals surface area contributed by atoms with Gasteiger partial charge < -0.3 is 10.2 Å². The van der Waals surface area contributed by atoms with Crippen LogP contribution in [0.1, 0.15) is 24.0 Å². The average Bonchev–Trinajstić information content (AvgIpc) is 2.16. The number of hydrogen-bond donors (Lipinski definition) is 3. The SMILES string of the molecule is Cc1ccc(C(C)C(O)(O)S(=O)(=O)O)cc1. The molecule has 0 bridgehead atoms. The third-order valence-corrected chi connectivity index (χ3v) is 3.63. The van der Waals surface area contributed by atoms with Gasteiger partial charge in [0.2, 0.25) is 0 Å². The second-order valence-electron chi connectivity index (χ2n) is 3.77. The van der Waals surface area contributed by atoms with Crippen molar-refractivity contribution in [1.82, 2.24) is 0 Å². The molecule has 1 atom stereocenters. The summed E-state index contributed by atoms with van der Waals surface area (Å²) in [7, 11) is -4.95. The van der Waals surface area contributed by atoms with Crippen molar-refractivity contribution >= 4 is 10.1 Å². The largest absolute Gasteiger partial charge is 0.351 e. The predicted molar refractivity (Wildman–Crippen MR) is 58.3 cm³/mol. The summed E-state index contributed by atoms with van der Waals surface area (Å²) >= 11 is 0. The van der Waals surface area contributed by atoms with Gasteiger partial charge in [-0.15, -0.1) is 0 Å². The van der Waals surface area contributed by atoms with Gasteiger partial charge in [0.25, 0.3) is 0 Å². The van der Waals surface area contributed by atoms with Gasteiger partial charge in [-0.3, -0.25) is 4.55 Å². The number of hydrogen-bond acceptors (Lipinski definition) is 4. The molecule has 0 aliphatic heterocycles. The van der Waals surface area contributed by atoms with Crippen LogP contribution in [0.15, 0.2) is 24.3 Å². The van der Waals surface area contributed by atoms with E-state index in [4.69, 9.17) is 4.55 Å². The molecule has 1 unspecified atom stereocenters.